The molecule has 0 fully saturated rings. The summed E-state index contributed by atoms with van der Waals surface area (Å²) in [5, 5.41) is 2.93. The van der Waals surface area contributed by atoms with Crippen molar-refractivity contribution in [1.82, 2.24) is 4.98 Å². The Labute approximate surface area is 176 Å². The number of anilines is 1. The molecule has 2 N–H and O–H groups in total. The quantitative estimate of drug-likeness (QED) is 0.593. The lowest BCUT2D eigenvalue weighted by atomic mass is 9.86. The van der Waals surface area contributed by atoms with Gasteiger partial charge in [-0.25, -0.2) is 0 Å². The van der Waals surface area contributed by atoms with Gasteiger partial charge < -0.3 is 19.8 Å². The molecule has 4 rings (SSSR count). The third-order valence-electron chi connectivity index (χ3n) is 5.04. The van der Waals surface area contributed by atoms with E-state index in [-0.39, 0.29) is 11.3 Å². The van der Waals surface area contributed by atoms with Crippen LogP contribution in [0.25, 0.3) is 5.57 Å². The van der Waals surface area contributed by atoms with Crippen LogP contribution in [0.15, 0.2) is 66.9 Å². The lowest BCUT2D eigenvalue weighted by Crippen LogP contribution is -2.16. The third-order valence-corrected chi connectivity index (χ3v) is 5.04. The Morgan fingerprint density at radius 2 is 1.73 bits per heavy atom. The Morgan fingerprint density at radius 3 is 2.40 bits per heavy atom. The first-order valence-electron chi connectivity index (χ1n) is 10.1. The van der Waals surface area contributed by atoms with Crippen LogP contribution in [0.2, 0.25) is 0 Å². The molecule has 0 bridgehead atoms. The van der Waals surface area contributed by atoms with Gasteiger partial charge in [0.25, 0.3) is 0 Å². The Balaban J connectivity index is 1.60. The van der Waals surface area contributed by atoms with Gasteiger partial charge in [-0.15, -0.1) is 0 Å². The van der Waals surface area contributed by atoms with Crippen LogP contribution >= 0.6 is 0 Å². The third kappa shape index (κ3) is 4.40. The van der Waals surface area contributed by atoms with Gasteiger partial charge in [0.2, 0.25) is 5.91 Å². The lowest BCUT2D eigenvalue weighted by molar-refractivity contribution is -0.111. The van der Waals surface area contributed by atoms with Gasteiger partial charge in [-0.05, 0) is 40.8 Å². The Hall–Kier alpha value is -3.47. The molecule has 0 saturated heterocycles. The SMILES string of the molecule is CC(C)(C)c1ccc(/C(=C/C(=O)Nc2ccc3c(c2)OCCO3)c2ccc[nH]2)cc1. The van der Waals surface area contributed by atoms with Crippen molar-refractivity contribution in [3.05, 3.63) is 83.7 Å². The van der Waals surface area contributed by atoms with Gasteiger partial charge in [-0.3, -0.25) is 4.79 Å². The highest BCUT2D eigenvalue weighted by Crippen LogP contribution is 2.33. The minimum Gasteiger partial charge on any atom is -0.486 e. The van der Waals surface area contributed by atoms with Crippen molar-refractivity contribution >= 4 is 17.2 Å². The van der Waals surface area contributed by atoms with Crippen LogP contribution < -0.4 is 14.8 Å². The van der Waals surface area contributed by atoms with Crippen molar-refractivity contribution in [3.63, 3.8) is 0 Å². The highest BCUT2D eigenvalue weighted by Gasteiger charge is 2.16. The number of hydrogen-bond donors (Lipinski definition) is 2. The van der Waals surface area contributed by atoms with Gasteiger partial charge in [0.15, 0.2) is 11.5 Å². The molecule has 1 aromatic heterocycles. The highest BCUT2D eigenvalue weighted by molar-refractivity contribution is 6.06. The average Bonchev–Trinajstić information content (AvgIpc) is 3.26. The smallest absolute Gasteiger partial charge is 0.249 e. The zero-order valence-electron chi connectivity index (χ0n) is 17.5. The van der Waals surface area contributed by atoms with E-state index in [1.54, 1.807) is 12.1 Å². The number of benzene rings is 2. The molecule has 154 valence electrons. The number of aromatic nitrogens is 1. The number of carbonyl (C=O) groups is 1. The minimum absolute atomic E-state index is 0.0739. The molecule has 5 heteroatoms. The fourth-order valence-corrected chi connectivity index (χ4v) is 3.39. The topological polar surface area (TPSA) is 63.4 Å². The molecule has 5 nitrogen and oxygen atoms in total. The maximum Gasteiger partial charge on any atom is 0.249 e. The van der Waals surface area contributed by atoms with E-state index in [4.69, 9.17) is 9.47 Å². The number of rotatable bonds is 4. The van der Waals surface area contributed by atoms with Gasteiger partial charge >= 0.3 is 0 Å². The number of nitrogens with one attached hydrogen (secondary N) is 2. The normalized spacial score (nSPS) is 13.8. The fourth-order valence-electron chi connectivity index (χ4n) is 3.39. The standard InChI is InChI=1S/C25H26N2O3/c1-25(2,3)18-8-6-17(7-9-18)20(21-5-4-12-26-21)16-24(28)27-19-10-11-22-23(15-19)30-14-13-29-22/h4-12,15-16,26H,13-14H2,1-3H3,(H,27,28)/b20-16-. The molecule has 0 atom stereocenters. The molecule has 0 aliphatic carbocycles. The molecule has 2 heterocycles. The second-order valence-electron chi connectivity index (χ2n) is 8.32. The molecule has 0 radical (unpaired) electrons. The van der Waals surface area contributed by atoms with Crippen molar-refractivity contribution in [1.29, 1.82) is 0 Å². The Morgan fingerprint density at radius 1 is 1.00 bits per heavy atom. The van der Waals surface area contributed by atoms with Crippen molar-refractivity contribution in [2.75, 3.05) is 18.5 Å². The molecule has 0 saturated carbocycles. The zero-order chi connectivity index (χ0) is 21.1. The van der Waals surface area contributed by atoms with Crippen LogP contribution in [0.1, 0.15) is 37.6 Å². The van der Waals surface area contributed by atoms with Crippen molar-refractivity contribution in [2.45, 2.75) is 26.2 Å². The van der Waals surface area contributed by atoms with Crippen LogP contribution in [0.5, 0.6) is 11.5 Å². The van der Waals surface area contributed by atoms with E-state index in [1.165, 1.54) is 5.56 Å². The first kappa shape index (κ1) is 19.8. The largest absolute Gasteiger partial charge is 0.486 e. The Kier molecular flexibility index (Phi) is 5.36. The van der Waals surface area contributed by atoms with E-state index < -0.39 is 0 Å². The summed E-state index contributed by atoms with van der Waals surface area (Å²) in [4.78, 5) is 16.0. The van der Waals surface area contributed by atoms with Crippen LogP contribution in [0, 0.1) is 0 Å². The number of fused-ring (bicyclic) bond motifs is 1. The summed E-state index contributed by atoms with van der Waals surface area (Å²) < 4.78 is 11.1. The van der Waals surface area contributed by atoms with E-state index in [0.29, 0.717) is 30.4 Å². The molecule has 1 aliphatic heterocycles. The molecular formula is C25H26N2O3. The van der Waals surface area contributed by atoms with Crippen molar-refractivity contribution in [2.24, 2.45) is 0 Å². The maximum atomic E-state index is 12.8. The Bertz CT molecular complexity index is 1060. The van der Waals surface area contributed by atoms with Crippen molar-refractivity contribution < 1.29 is 14.3 Å². The van der Waals surface area contributed by atoms with Crippen LogP contribution in [0.3, 0.4) is 0 Å². The van der Waals surface area contributed by atoms with Crippen LogP contribution in [-0.4, -0.2) is 24.1 Å². The summed E-state index contributed by atoms with van der Waals surface area (Å²) in [6.45, 7) is 7.60. The number of hydrogen-bond acceptors (Lipinski definition) is 3. The van der Waals surface area contributed by atoms with Crippen LogP contribution in [-0.2, 0) is 10.2 Å². The zero-order valence-corrected chi connectivity index (χ0v) is 17.5. The molecule has 0 spiro atoms. The molecule has 1 amide bonds. The van der Waals surface area contributed by atoms with E-state index in [9.17, 15) is 4.79 Å². The second kappa shape index (κ2) is 8.11. The van der Waals surface area contributed by atoms with E-state index in [1.807, 2.05) is 30.5 Å². The van der Waals surface area contributed by atoms with Crippen molar-refractivity contribution in [3.8, 4) is 11.5 Å². The molecule has 30 heavy (non-hydrogen) atoms. The fraction of sp³-hybridized carbons (Fsp3) is 0.240. The van der Waals surface area contributed by atoms with Gasteiger partial charge in [-0.1, -0.05) is 45.0 Å². The average molecular weight is 402 g/mol. The van der Waals surface area contributed by atoms with Crippen LogP contribution in [0.4, 0.5) is 5.69 Å². The number of H-pyrrole nitrogens is 1. The molecule has 0 unspecified atom stereocenters. The number of ether oxygens (including phenoxy) is 2. The molecule has 2 aromatic carbocycles. The van der Waals surface area contributed by atoms with Gasteiger partial charge in [0, 0.05) is 35.3 Å². The first-order chi connectivity index (χ1) is 14.4. The van der Waals surface area contributed by atoms with Gasteiger partial charge in [0.1, 0.15) is 13.2 Å². The minimum atomic E-state index is -0.212. The second-order valence-corrected chi connectivity index (χ2v) is 8.32. The number of carbonyl (C=O) groups excluding carboxylic acids is 1. The first-order valence-corrected chi connectivity index (χ1v) is 10.1. The summed E-state index contributed by atoms with van der Waals surface area (Å²) >= 11 is 0. The van der Waals surface area contributed by atoms with Gasteiger partial charge in [0.05, 0.1) is 0 Å². The molecular weight excluding hydrogens is 376 g/mol. The summed E-state index contributed by atoms with van der Waals surface area (Å²) in [5.74, 6) is 1.13. The summed E-state index contributed by atoms with van der Waals surface area (Å²) in [7, 11) is 0. The van der Waals surface area contributed by atoms with Gasteiger partial charge in [-0.2, -0.15) is 0 Å². The predicted molar refractivity (Wildman–Crippen MR) is 119 cm³/mol. The number of amides is 1. The highest BCUT2D eigenvalue weighted by atomic mass is 16.6. The maximum absolute atomic E-state index is 12.8. The van der Waals surface area contributed by atoms with E-state index in [0.717, 1.165) is 16.8 Å². The summed E-state index contributed by atoms with van der Waals surface area (Å²) in [6.07, 6.45) is 3.47. The summed E-state index contributed by atoms with van der Waals surface area (Å²) in [6, 6.07) is 17.6. The molecule has 3 aromatic rings. The lowest BCUT2D eigenvalue weighted by Gasteiger charge is -2.19. The number of aromatic amines is 1. The molecule has 1 aliphatic rings. The van der Waals surface area contributed by atoms with E-state index >= 15 is 0 Å². The monoisotopic (exact) mass is 402 g/mol. The van der Waals surface area contributed by atoms with E-state index in [2.05, 4.69) is 55.3 Å². The predicted octanol–water partition coefficient (Wildman–Crippen LogP) is 5.15. The summed E-state index contributed by atoms with van der Waals surface area (Å²) in [5.41, 5.74) is 4.67.